The maximum absolute atomic E-state index is 10.6. The Morgan fingerprint density at radius 1 is 1.55 bits per heavy atom. The van der Waals surface area contributed by atoms with Crippen molar-refractivity contribution >= 4 is 5.91 Å². The molecule has 11 heavy (non-hydrogen) atoms. The molecule has 0 radical (unpaired) electrons. The van der Waals surface area contributed by atoms with Gasteiger partial charge in [0.05, 0.1) is 0 Å². The normalized spacial score (nSPS) is 16.5. The summed E-state index contributed by atoms with van der Waals surface area (Å²) in [5, 5.41) is 0. The fourth-order valence-corrected chi connectivity index (χ4v) is 0.910. The lowest BCUT2D eigenvalue weighted by Crippen LogP contribution is -2.36. The van der Waals surface area contributed by atoms with E-state index < -0.39 is 0 Å². The lowest BCUT2D eigenvalue weighted by Gasteiger charge is -2.30. The second kappa shape index (κ2) is 3.72. The lowest BCUT2D eigenvalue weighted by molar-refractivity contribution is -0.120. The quantitative estimate of drug-likeness (QED) is 0.625. The van der Waals surface area contributed by atoms with Crippen molar-refractivity contribution in [2.75, 3.05) is 6.54 Å². The molecule has 3 heteroatoms. The maximum atomic E-state index is 10.6. The van der Waals surface area contributed by atoms with Crippen LogP contribution >= 0.6 is 0 Å². The van der Waals surface area contributed by atoms with Crippen molar-refractivity contribution in [2.24, 2.45) is 22.8 Å². The Morgan fingerprint density at radius 2 is 2.00 bits per heavy atom. The van der Waals surface area contributed by atoms with Gasteiger partial charge in [-0.3, -0.25) is 4.79 Å². The Balaban J connectivity index is 4.22. The molecule has 3 nitrogen and oxygen atoms in total. The van der Waals surface area contributed by atoms with E-state index >= 15 is 0 Å². The predicted octanol–water partition coefficient (Wildman–Crippen LogP) is 0.483. The molecular formula is C8H18N2O. The molecular weight excluding hydrogens is 140 g/mol. The molecule has 0 saturated heterocycles. The van der Waals surface area contributed by atoms with Gasteiger partial charge in [-0.25, -0.2) is 0 Å². The van der Waals surface area contributed by atoms with E-state index in [9.17, 15) is 4.79 Å². The minimum absolute atomic E-state index is 0.133. The molecule has 0 spiro atoms. The molecule has 0 rings (SSSR count). The van der Waals surface area contributed by atoms with Crippen LogP contribution in [0.15, 0.2) is 0 Å². The van der Waals surface area contributed by atoms with Crippen molar-refractivity contribution in [3.63, 3.8) is 0 Å². The Kier molecular flexibility index (Phi) is 3.52. The average Bonchev–Trinajstić information content (AvgIpc) is 1.86. The van der Waals surface area contributed by atoms with Crippen LogP contribution in [0.2, 0.25) is 0 Å². The van der Waals surface area contributed by atoms with Crippen molar-refractivity contribution in [1.82, 2.24) is 0 Å². The molecule has 0 aromatic rings. The second-order valence-corrected chi connectivity index (χ2v) is 3.66. The molecule has 0 aliphatic rings. The monoisotopic (exact) mass is 158 g/mol. The number of primary amides is 1. The van der Waals surface area contributed by atoms with Crippen molar-refractivity contribution in [2.45, 2.75) is 27.2 Å². The van der Waals surface area contributed by atoms with E-state index in [1.807, 2.05) is 6.92 Å². The summed E-state index contributed by atoms with van der Waals surface area (Å²) in [6, 6.07) is 0. The average molecular weight is 158 g/mol. The summed E-state index contributed by atoms with van der Waals surface area (Å²) in [4.78, 5) is 10.6. The topological polar surface area (TPSA) is 69.1 Å². The number of carbonyl (C=O) groups is 1. The first-order valence-electron chi connectivity index (χ1n) is 3.91. The van der Waals surface area contributed by atoms with Gasteiger partial charge in [0.15, 0.2) is 0 Å². The van der Waals surface area contributed by atoms with Crippen LogP contribution in [0, 0.1) is 11.3 Å². The van der Waals surface area contributed by atoms with Gasteiger partial charge in [0.1, 0.15) is 0 Å². The molecule has 1 amide bonds. The second-order valence-electron chi connectivity index (χ2n) is 3.66. The predicted molar refractivity (Wildman–Crippen MR) is 45.8 cm³/mol. The number of rotatable bonds is 4. The highest BCUT2D eigenvalue weighted by Crippen LogP contribution is 2.28. The van der Waals surface area contributed by atoms with Gasteiger partial charge in [-0.2, -0.15) is 0 Å². The largest absolute Gasteiger partial charge is 0.370 e. The SMILES string of the molecule is CC(C)C(C)(CN)CC(N)=O. The highest BCUT2D eigenvalue weighted by Gasteiger charge is 2.28. The first-order valence-corrected chi connectivity index (χ1v) is 3.91. The first-order chi connectivity index (χ1) is 4.92. The van der Waals surface area contributed by atoms with Gasteiger partial charge in [0, 0.05) is 6.42 Å². The smallest absolute Gasteiger partial charge is 0.218 e. The Labute approximate surface area is 68.1 Å². The fourth-order valence-electron chi connectivity index (χ4n) is 0.910. The number of amides is 1. The van der Waals surface area contributed by atoms with Crippen LogP contribution in [0.3, 0.4) is 0 Å². The van der Waals surface area contributed by atoms with Gasteiger partial charge in [-0.15, -0.1) is 0 Å². The van der Waals surface area contributed by atoms with E-state index in [4.69, 9.17) is 11.5 Å². The molecule has 0 bridgehead atoms. The summed E-state index contributed by atoms with van der Waals surface area (Å²) in [5.74, 6) is 0.117. The number of carbonyl (C=O) groups excluding carboxylic acids is 1. The first kappa shape index (κ1) is 10.4. The molecule has 0 aliphatic heterocycles. The zero-order valence-corrected chi connectivity index (χ0v) is 7.55. The van der Waals surface area contributed by atoms with Gasteiger partial charge in [-0.1, -0.05) is 20.8 Å². The van der Waals surface area contributed by atoms with Crippen LogP contribution in [-0.2, 0) is 4.79 Å². The molecule has 0 aliphatic carbocycles. The van der Waals surface area contributed by atoms with E-state index in [2.05, 4.69) is 13.8 Å². The van der Waals surface area contributed by atoms with Crippen LogP contribution in [-0.4, -0.2) is 12.5 Å². The van der Waals surface area contributed by atoms with Gasteiger partial charge in [0.25, 0.3) is 0 Å². The highest BCUT2D eigenvalue weighted by atomic mass is 16.1. The van der Waals surface area contributed by atoms with Crippen LogP contribution in [0.4, 0.5) is 0 Å². The molecule has 66 valence electrons. The summed E-state index contributed by atoms with van der Waals surface area (Å²) >= 11 is 0. The fraction of sp³-hybridized carbons (Fsp3) is 0.875. The highest BCUT2D eigenvalue weighted by molar-refractivity contribution is 5.74. The molecule has 1 unspecified atom stereocenters. The van der Waals surface area contributed by atoms with Crippen molar-refractivity contribution in [3.8, 4) is 0 Å². The summed E-state index contributed by atoms with van der Waals surface area (Å²) in [6.45, 7) is 6.60. The number of nitrogens with two attached hydrogens (primary N) is 2. The van der Waals surface area contributed by atoms with Crippen molar-refractivity contribution in [3.05, 3.63) is 0 Å². The van der Waals surface area contributed by atoms with Crippen LogP contribution in [0.1, 0.15) is 27.2 Å². The van der Waals surface area contributed by atoms with E-state index in [0.717, 1.165) is 0 Å². The van der Waals surface area contributed by atoms with Crippen LogP contribution in [0.5, 0.6) is 0 Å². The molecule has 1 atom stereocenters. The van der Waals surface area contributed by atoms with E-state index in [0.29, 0.717) is 18.9 Å². The number of hydrogen-bond donors (Lipinski definition) is 2. The minimum atomic E-state index is -0.272. The summed E-state index contributed by atoms with van der Waals surface area (Å²) in [6.07, 6.45) is 0.376. The minimum Gasteiger partial charge on any atom is -0.370 e. The molecule has 0 aromatic heterocycles. The third kappa shape index (κ3) is 2.89. The summed E-state index contributed by atoms with van der Waals surface area (Å²) < 4.78 is 0. The van der Waals surface area contributed by atoms with Crippen LogP contribution < -0.4 is 11.5 Å². The van der Waals surface area contributed by atoms with Crippen molar-refractivity contribution in [1.29, 1.82) is 0 Å². The third-order valence-corrected chi connectivity index (χ3v) is 2.44. The zero-order valence-electron chi connectivity index (χ0n) is 7.55. The number of hydrogen-bond acceptors (Lipinski definition) is 2. The van der Waals surface area contributed by atoms with E-state index in [1.165, 1.54) is 0 Å². The molecule has 0 heterocycles. The van der Waals surface area contributed by atoms with Crippen molar-refractivity contribution < 1.29 is 4.79 Å². The van der Waals surface area contributed by atoms with Gasteiger partial charge < -0.3 is 11.5 Å². The van der Waals surface area contributed by atoms with Gasteiger partial charge in [0.2, 0.25) is 5.91 Å². The molecule has 0 aromatic carbocycles. The Hall–Kier alpha value is -0.570. The Morgan fingerprint density at radius 3 is 2.09 bits per heavy atom. The zero-order chi connectivity index (χ0) is 9.07. The van der Waals surface area contributed by atoms with Crippen LogP contribution in [0.25, 0.3) is 0 Å². The van der Waals surface area contributed by atoms with Gasteiger partial charge in [-0.05, 0) is 17.9 Å². The standard InChI is InChI=1S/C8H18N2O/c1-6(2)8(3,5-9)4-7(10)11/h6H,4-5,9H2,1-3H3,(H2,10,11). The summed E-state index contributed by atoms with van der Waals surface area (Å²) in [7, 11) is 0. The van der Waals surface area contributed by atoms with E-state index in [-0.39, 0.29) is 11.3 Å². The maximum Gasteiger partial charge on any atom is 0.218 e. The molecule has 0 fully saturated rings. The van der Waals surface area contributed by atoms with Gasteiger partial charge >= 0.3 is 0 Å². The lowest BCUT2D eigenvalue weighted by atomic mass is 9.76. The van der Waals surface area contributed by atoms with E-state index in [1.54, 1.807) is 0 Å². The molecule has 0 saturated carbocycles. The Bertz CT molecular complexity index is 145. The third-order valence-electron chi connectivity index (χ3n) is 2.44. The molecule has 4 N–H and O–H groups in total. The summed E-state index contributed by atoms with van der Waals surface area (Å²) in [5.41, 5.74) is 10.5.